The predicted octanol–water partition coefficient (Wildman–Crippen LogP) is 16.5. The van der Waals surface area contributed by atoms with E-state index in [1.54, 1.807) is 31.4 Å². The molecule has 0 fully saturated rings. The first-order valence-electron chi connectivity index (χ1n) is 23.2. The molecule has 0 bridgehead atoms. The van der Waals surface area contributed by atoms with Crippen LogP contribution in [0.15, 0.2) is 215 Å². The molecule has 1 amide bonds. The van der Waals surface area contributed by atoms with Crippen LogP contribution in [0.2, 0.25) is 10.0 Å². The molecule has 0 N–H and O–H groups in total. The minimum atomic E-state index is -0.304. The molecule has 1 heterocycles. The topological polar surface area (TPSA) is 118 Å². The molecule has 10 aromatic rings. The molecule has 0 atom stereocenters. The van der Waals surface area contributed by atoms with Gasteiger partial charge in [0.15, 0.2) is 11.5 Å². The molecular formula is C59H46Cl2N8O4. The van der Waals surface area contributed by atoms with E-state index in [9.17, 15) is 4.79 Å². The highest BCUT2D eigenvalue weighted by molar-refractivity contribution is 6.34. The molecule has 10 rings (SSSR count). The fourth-order valence-corrected chi connectivity index (χ4v) is 9.17. The third-order valence-corrected chi connectivity index (χ3v) is 13.0. The number of amides is 1. The SMILES string of the molecule is COc1c(CON(C)c2ccccc2Cl)cc2ccccc2c1N=Nc1ccc(-n2cc(-c3ccc(N=Nc4c(OC)c(C(=O)N(C)c5ccccc5Cl)cc5ccccc45)cc3)c(-c3ccccc3)n2)cc1. The summed E-state index contributed by atoms with van der Waals surface area (Å²) in [7, 11) is 6.64. The summed E-state index contributed by atoms with van der Waals surface area (Å²) in [6.07, 6.45) is 2.02. The number of benzene rings is 9. The van der Waals surface area contributed by atoms with Crippen molar-refractivity contribution < 1.29 is 19.1 Å². The van der Waals surface area contributed by atoms with Crippen LogP contribution >= 0.6 is 23.2 Å². The maximum absolute atomic E-state index is 14.1. The number of hydrogen-bond acceptors (Lipinski definition) is 10. The molecule has 0 aliphatic carbocycles. The second kappa shape index (κ2) is 21.4. The van der Waals surface area contributed by atoms with Crippen molar-refractivity contribution in [1.29, 1.82) is 0 Å². The number of nitrogens with zero attached hydrogens (tertiary/aromatic N) is 8. The highest BCUT2D eigenvalue weighted by atomic mass is 35.5. The number of fused-ring (bicyclic) bond motifs is 2. The lowest BCUT2D eigenvalue weighted by molar-refractivity contribution is 0.0990. The van der Waals surface area contributed by atoms with Crippen LogP contribution in [0.3, 0.4) is 0 Å². The van der Waals surface area contributed by atoms with Crippen molar-refractivity contribution >= 4 is 84.8 Å². The van der Waals surface area contributed by atoms with Gasteiger partial charge in [0.2, 0.25) is 0 Å². The van der Waals surface area contributed by atoms with E-state index in [1.807, 2.05) is 194 Å². The summed E-state index contributed by atoms with van der Waals surface area (Å²) in [5.41, 5.74) is 9.16. The normalized spacial score (nSPS) is 11.5. The number of carbonyl (C=O) groups excluding carboxylic acids is 1. The number of anilines is 2. The van der Waals surface area contributed by atoms with Crippen LogP contribution in [0, 0.1) is 0 Å². The van der Waals surface area contributed by atoms with Gasteiger partial charge in [0.25, 0.3) is 5.91 Å². The Kier molecular flexibility index (Phi) is 14.0. The summed E-state index contributed by atoms with van der Waals surface area (Å²) in [4.78, 5) is 21.7. The lowest BCUT2D eigenvalue weighted by Gasteiger charge is -2.21. The zero-order valence-electron chi connectivity index (χ0n) is 40.1. The maximum atomic E-state index is 14.1. The first-order chi connectivity index (χ1) is 35.7. The molecule has 0 aliphatic heterocycles. The van der Waals surface area contributed by atoms with Crippen molar-refractivity contribution in [2.75, 3.05) is 38.3 Å². The predicted molar refractivity (Wildman–Crippen MR) is 293 cm³/mol. The Morgan fingerprint density at radius 1 is 0.575 bits per heavy atom. The van der Waals surface area contributed by atoms with Gasteiger partial charge >= 0.3 is 0 Å². The van der Waals surface area contributed by atoms with Gasteiger partial charge in [-0.15, -0.1) is 10.2 Å². The molecule has 1 aromatic heterocycles. The van der Waals surface area contributed by atoms with Crippen molar-refractivity contribution in [1.82, 2.24) is 9.78 Å². The molecule has 0 aliphatic rings. The lowest BCUT2D eigenvalue weighted by Crippen LogP contribution is -2.27. The van der Waals surface area contributed by atoms with Gasteiger partial charge < -0.3 is 14.4 Å². The summed E-state index contributed by atoms with van der Waals surface area (Å²) < 4.78 is 13.7. The monoisotopic (exact) mass is 1000 g/mol. The minimum Gasteiger partial charge on any atom is -0.494 e. The first kappa shape index (κ1) is 48.0. The summed E-state index contributed by atoms with van der Waals surface area (Å²) in [6, 6.07) is 59.8. The average Bonchev–Trinajstić information content (AvgIpc) is 3.89. The Balaban J connectivity index is 0.922. The fraction of sp³-hybridized carbons (Fsp3) is 0.0847. The summed E-state index contributed by atoms with van der Waals surface area (Å²) in [5, 5.41) is 30.1. The molecule has 360 valence electrons. The molecule has 14 heteroatoms. The van der Waals surface area contributed by atoms with Gasteiger partial charge in [-0.05, 0) is 89.1 Å². The largest absolute Gasteiger partial charge is 0.494 e. The highest BCUT2D eigenvalue weighted by Crippen LogP contribution is 2.43. The van der Waals surface area contributed by atoms with Crippen molar-refractivity contribution in [3.8, 4) is 39.6 Å². The Labute approximate surface area is 431 Å². The third kappa shape index (κ3) is 10.00. The highest BCUT2D eigenvalue weighted by Gasteiger charge is 2.25. The van der Waals surface area contributed by atoms with Crippen molar-refractivity contribution in [3.63, 3.8) is 0 Å². The number of aromatic nitrogens is 2. The number of halogens is 2. The number of hydroxylamine groups is 1. The average molecular weight is 1000 g/mol. The van der Waals surface area contributed by atoms with E-state index < -0.39 is 0 Å². The van der Waals surface area contributed by atoms with Crippen LogP contribution < -0.4 is 19.4 Å². The van der Waals surface area contributed by atoms with Crippen LogP contribution in [-0.2, 0) is 11.4 Å². The maximum Gasteiger partial charge on any atom is 0.261 e. The van der Waals surface area contributed by atoms with Gasteiger partial charge in [-0.2, -0.15) is 15.3 Å². The smallest absolute Gasteiger partial charge is 0.261 e. The van der Waals surface area contributed by atoms with Gasteiger partial charge in [-0.1, -0.05) is 138 Å². The molecular weight excluding hydrogens is 956 g/mol. The molecule has 0 unspecified atom stereocenters. The van der Waals surface area contributed by atoms with Gasteiger partial charge in [0.1, 0.15) is 23.7 Å². The summed E-state index contributed by atoms with van der Waals surface area (Å²) in [5.74, 6) is 0.562. The molecule has 73 heavy (non-hydrogen) atoms. The standard InChI is InChI=1S/C59H46Cl2N8O4/c1-67(52-24-14-12-22-50(52)60)59(70)48-35-41-19-9-11-21-47(41)56(58(48)72-4)65-62-43-28-26-38(27-29-43)49-36-69(66-54(49)39-16-6-5-7-17-39)45-32-30-44(31-33-45)63-64-55-46-20-10-8-18-40(46)34-42(57(55)71-3)37-73-68(2)53-25-15-13-23-51(53)61/h5-36H,37H2,1-4H3. The number of ether oxygens (including phenoxy) is 2. The number of para-hydroxylation sites is 2. The van der Waals surface area contributed by atoms with Crippen molar-refractivity contribution in [2.45, 2.75) is 6.61 Å². The minimum absolute atomic E-state index is 0.205. The van der Waals surface area contributed by atoms with Gasteiger partial charge in [-0.25, -0.2) is 4.68 Å². The number of methoxy groups -OCH3 is 2. The number of azo groups is 2. The van der Waals surface area contributed by atoms with Gasteiger partial charge in [0, 0.05) is 47.8 Å². The second-order valence-electron chi connectivity index (χ2n) is 16.9. The van der Waals surface area contributed by atoms with E-state index in [4.69, 9.17) is 52.8 Å². The van der Waals surface area contributed by atoms with Crippen LogP contribution in [0.25, 0.3) is 49.6 Å². The van der Waals surface area contributed by atoms with Crippen molar-refractivity contribution in [2.24, 2.45) is 20.5 Å². The Morgan fingerprint density at radius 2 is 1.11 bits per heavy atom. The Bertz CT molecular complexity index is 3700. The van der Waals surface area contributed by atoms with Gasteiger partial charge in [-0.3, -0.25) is 14.7 Å². The van der Waals surface area contributed by atoms with Gasteiger partial charge in [0.05, 0.1) is 58.3 Å². The molecule has 0 saturated heterocycles. The van der Waals surface area contributed by atoms with Crippen molar-refractivity contribution in [3.05, 3.63) is 215 Å². The molecule has 9 aromatic carbocycles. The molecule has 0 radical (unpaired) electrons. The van der Waals surface area contributed by atoms with E-state index in [1.165, 1.54) is 12.0 Å². The van der Waals surface area contributed by atoms with E-state index in [2.05, 4.69) is 10.2 Å². The van der Waals surface area contributed by atoms with Crippen LogP contribution in [0.4, 0.5) is 34.1 Å². The van der Waals surface area contributed by atoms with E-state index in [0.717, 1.165) is 60.9 Å². The molecule has 12 nitrogen and oxygen atoms in total. The number of carbonyl (C=O) groups is 1. The molecule has 0 spiro atoms. The zero-order chi connectivity index (χ0) is 50.4. The number of rotatable bonds is 15. The Morgan fingerprint density at radius 3 is 1.73 bits per heavy atom. The summed E-state index contributed by atoms with van der Waals surface area (Å²) in [6.45, 7) is 0.205. The van der Waals surface area contributed by atoms with Crippen LogP contribution in [0.1, 0.15) is 15.9 Å². The van der Waals surface area contributed by atoms with E-state index in [0.29, 0.717) is 55.5 Å². The zero-order valence-corrected chi connectivity index (χ0v) is 41.7. The van der Waals surface area contributed by atoms with Crippen LogP contribution in [-0.4, -0.2) is 44.0 Å². The third-order valence-electron chi connectivity index (χ3n) is 12.4. The second-order valence-corrected chi connectivity index (χ2v) is 17.7. The van der Waals surface area contributed by atoms with E-state index in [-0.39, 0.29) is 12.5 Å². The summed E-state index contributed by atoms with van der Waals surface area (Å²) >= 11 is 12.9. The lowest BCUT2D eigenvalue weighted by atomic mass is 10.0. The molecule has 0 saturated carbocycles. The fourth-order valence-electron chi connectivity index (χ4n) is 8.65. The quantitative estimate of drug-likeness (QED) is 0.0745. The Hall–Kier alpha value is -8.68. The number of hydrogen-bond donors (Lipinski definition) is 0. The first-order valence-corrected chi connectivity index (χ1v) is 24.0. The van der Waals surface area contributed by atoms with E-state index >= 15 is 0 Å². The van der Waals surface area contributed by atoms with Crippen LogP contribution in [0.5, 0.6) is 11.5 Å².